The molecule has 1 saturated heterocycles. The number of piperazine rings is 1. The topological polar surface area (TPSA) is 35.6 Å². The van der Waals surface area contributed by atoms with Crippen molar-refractivity contribution >= 4 is 44.9 Å². The maximum Gasteiger partial charge on any atom is 0.266 e. The monoisotopic (exact) mass is 445 g/mol. The van der Waals surface area contributed by atoms with Crippen molar-refractivity contribution in [1.82, 2.24) is 9.80 Å². The van der Waals surface area contributed by atoms with Crippen LogP contribution in [-0.4, -0.2) is 48.4 Å². The third-order valence-corrected chi connectivity index (χ3v) is 8.46. The summed E-state index contributed by atoms with van der Waals surface area (Å²) in [6, 6.07) is 6.22. The summed E-state index contributed by atoms with van der Waals surface area (Å²) in [6.45, 7) is 12.0. The fourth-order valence-corrected chi connectivity index (χ4v) is 6.35. The van der Waals surface area contributed by atoms with Crippen molar-refractivity contribution in [2.75, 3.05) is 38.0 Å². The molecule has 4 heterocycles. The lowest BCUT2D eigenvalue weighted by Crippen LogP contribution is -2.47. The summed E-state index contributed by atoms with van der Waals surface area (Å²) in [5, 5.41) is 10.6. The maximum absolute atomic E-state index is 12.8. The molecule has 4 rings (SSSR count). The van der Waals surface area contributed by atoms with Crippen LogP contribution in [-0.2, 0) is 0 Å². The molecule has 0 saturated carbocycles. The van der Waals surface area contributed by atoms with Gasteiger partial charge in [-0.1, -0.05) is 13.0 Å². The van der Waals surface area contributed by atoms with Crippen molar-refractivity contribution in [2.45, 2.75) is 26.8 Å². The van der Waals surface area contributed by atoms with Gasteiger partial charge >= 0.3 is 0 Å². The Morgan fingerprint density at radius 2 is 1.97 bits per heavy atom. The van der Waals surface area contributed by atoms with E-state index in [9.17, 15) is 4.79 Å². The molecule has 1 aliphatic rings. The lowest BCUT2D eigenvalue weighted by molar-refractivity contribution is 0.102. The zero-order valence-corrected chi connectivity index (χ0v) is 19.6. The van der Waals surface area contributed by atoms with Gasteiger partial charge in [0.1, 0.15) is 5.00 Å². The molecule has 0 aromatic carbocycles. The number of nitrogens with one attached hydrogen (secondary N) is 1. The van der Waals surface area contributed by atoms with Crippen LogP contribution in [0.5, 0.6) is 0 Å². The number of aryl methyl sites for hydroxylation is 1. The average molecular weight is 446 g/mol. The Hall–Kier alpha value is -1.51. The molecule has 4 nitrogen and oxygen atoms in total. The smallest absolute Gasteiger partial charge is 0.266 e. The molecule has 1 atom stereocenters. The molecule has 0 radical (unpaired) electrons. The highest BCUT2D eigenvalue weighted by Gasteiger charge is 2.31. The zero-order chi connectivity index (χ0) is 20.4. The van der Waals surface area contributed by atoms with E-state index in [-0.39, 0.29) is 11.9 Å². The van der Waals surface area contributed by atoms with E-state index < -0.39 is 0 Å². The Labute approximate surface area is 184 Å². The first-order valence-electron chi connectivity index (χ1n) is 10.0. The van der Waals surface area contributed by atoms with Gasteiger partial charge in [-0.15, -0.1) is 22.7 Å². The predicted molar refractivity (Wildman–Crippen MR) is 126 cm³/mol. The van der Waals surface area contributed by atoms with Gasteiger partial charge in [0.05, 0.1) is 10.9 Å². The minimum Gasteiger partial charge on any atom is -0.313 e. The van der Waals surface area contributed by atoms with E-state index >= 15 is 0 Å². The first kappa shape index (κ1) is 20.8. The van der Waals surface area contributed by atoms with E-state index in [2.05, 4.69) is 52.7 Å². The number of hydrogen-bond acceptors (Lipinski definition) is 6. The van der Waals surface area contributed by atoms with Crippen molar-refractivity contribution in [2.24, 2.45) is 0 Å². The summed E-state index contributed by atoms with van der Waals surface area (Å²) < 4.78 is 0. The third-order valence-electron chi connectivity index (χ3n) is 5.76. The number of carbonyl (C=O) groups is 1. The number of thiophene rings is 3. The second kappa shape index (κ2) is 9.10. The van der Waals surface area contributed by atoms with Crippen molar-refractivity contribution in [3.05, 3.63) is 60.8 Å². The lowest BCUT2D eigenvalue weighted by atomic mass is 9.96. The summed E-state index contributed by atoms with van der Waals surface area (Å²) in [7, 11) is 0. The van der Waals surface area contributed by atoms with Gasteiger partial charge in [-0.3, -0.25) is 9.69 Å². The summed E-state index contributed by atoms with van der Waals surface area (Å²) >= 11 is 4.93. The quantitative estimate of drug-likeness (QED) is 0.547. The van der Waals surface area contributed by atoms with Gasteiger partial charge in [-0.05, 0) is 59.8 Å². The first-order valence-corrected chi connectivity index (χ1v) is 12.7. The van der Waals surface area contributed by atoms with Crippen molar-refractivity contribution in [3.8, 4) is 0 Å². The lowest BCUT2D eigenvalue weighted by Gasteiger charge is -2.39. The van der Waals surface area contributed by atoms with Gasteiger partial charge in [0, 0.05) is 36.6 Å². The van der Waals surface area contributed by atoms with Gasteiger partial charge < -0.3 is 10.2 Å². The van der Waals surface area contributed by atoms with Crippen molar-refractivity contribution < 1.29 is 4.79 Å². The molecule has 1 unspecified atom stereocenters. The molecule has 1 aliphatic heterocycles. The van der Waals surface area contributed by atoms with Gasteiger partial charge in [-0.2, -0.15) is 11.3 Å². The average Bonchev–Trinajstić information content (AvgIpc) is 3.49. The number of amides is 1. The summed E-state index contributed by atoms with van der Waals surface area (Å²) in [4.78, 5) is 19.9. The summed E-state index contributed by atoms with van der Waals surface area (Å²) in [5.41, 5.74) is 3.89. The standard InChI is InChI=1S/C22H27N3OS3/c1-4-24-8-10-25(11-9-24)20(17-7-13-27-14-17)19-15(2)16(3)29-22(19)23-21(26)18-6-5-12-28-18/h5-7,12-14,20H,4,8-11H2,1-3H3,(H,23,26). The Morgan fingerprint density at radius 3 is 2.59 bits per heavy atom. The van der Waals surface area contributed by atoms with Crippen LogP contribution in [0, 0.1) is 13.8 Å². The Morgan fingerprint density at radius 1 is 1.17 bits per heavy atom. The second-order valence-corrected chi connectivity index (χ2v) is 10.3. The van der Waals surface area contributed by atoms with Crippen LogP contribution in [0.1, 0.15) is 44.2 Å². The number of likely N-dealkylation sites (N-methyl/N-ethyl adjacent to an activating group) is 1. The van der Waals surface area contributed by atoms with Crippen LogP contribution in [0.15, 0.2) is 34.3 Å². The SMILES string of the molecule is CCN1CCN(C(c2ccsc2)c2c(NC(=O)c3cccs3)sc(C)c2C)CC1. The van der Waals surface area contributed by atoms with Gasteiger partial charge in [0.25, 0.3) is 5.91 Å². The molecule has 0 aliphatic carbocycles. The highest BCUT2D eigenvalue weighted by Crippen LogP contribution is 2.43. The number of hydrogen-bond donors (Lipinski definition) is 1. The van der Waals surface area contributed by atoms with Crippen LogP contribution in [0.25, 0.3) is 0 Å². The predicted octanol–water partition coefficient (Wildman–Crippen LogP) is 5.47. The molecule has 1 amide bonds. The van der Waals surface area contributed by atoms with Crippen LogP contribution in [0.2, 0.25) is 0 Å². The van der Waals surface area contributed by atoms with E-state index in [4.69, 9.17) is 0 Å². The molecule has 1 N–H and O–H groups in total. The molecular formula is C22H27N3OS3. The van der Waals surface area contributed by atoms with Crippen LogP contribution >= 0.6 is 34.0 Å². The summed E-state index contributed by atoms with van der Waals surface area (Å²) in [5.74, 6) is -0.0117. The molecule has 0 spiro atoms. The molecule has 29 heavy (non-hydrogen) atoms. The zero-order valence-electron chi connectivity index (χ0n) is 17.1. The Bertz CT molecular complexity index is 939. The maximum atomic E-state index is 12.8. The van der Waals surface area contributed by atoms with Crippen molar-refractivity contribution in [1.29, 1.82) is 0 Å². The Balaban J connectivity index is 1.70. The molecule has 0 bridgehead atoms. The first-order chi connectivity index (χ1) is 14.1. The summed E-state index contributed by atoms with van der Waals surface area (Å²) in [6.07, 6.45) is 0. The van der Waals surface area contributed by atoms with Gasteiger partial charge in [0.2, 0.25) is 0 Å². The molecular weight excluding hydrogens is 418 g/mol. The highest BCUT2D eigenvalue weighted by atomic mass is 32.1. The van der Waals surface area contributed by atoms with E-state index in [1.807, 2.05) is 17.5 Å². The molecule has 7 heteroatoms. The van der Waals surface area contributed by atoms with Crippen molar-refractivity contribution in [3.63, 3.8) is 0 Å². The van der Waals surface area contributed by atoms with E-state index in [1.165, 1.54) is 32.9 Å². The number of anilines is 1. The second-order valence-electron chi connectivity index (χ2n) is 7.39. The van der Waals surface area contributed by atoms with Crippen LogP contribution < -0.4 is 5.32 Å². The normalized spacial score (nSPS) is 16.8. The van der Waals surface area contributed by atoms with Crippen LogP contribution in [0.4, 0.5) is 5.00 Å². The Kier molecular flexibility index (Phi) is 6.51. The van der Waals surface area contributed by atoms with E-state index in [0.717, 1.165) is 42.6 Å². The minimum absolute atomic E-state index is 0.0117. The number of carbonyl (C=O) groups excluding carboxylic acids is 1. The molecule has 1 fully saturated rings. The molecule has 154 valence electrons. The van der Waals surface area contributed by atoms with Gasteiger partial charge in [0.15, 0.2) is 0 Å². The number of nitrogens with zero attached hydrogens (tertiary/aromatic N) is 2. The minimum atomic E-state index is -0.0117. The number of rotatable bonds is 6. The molecule has 3 aromatic heterocycles. The van der Waals surface area contributed by atoms with Crippen LogP contribution in [0.3, 0.4) is 0 Å². The van der Waals surface area contributed by atoms with E-state index in [0.29, 0.717) is 0 Å². The van der Waals surface area contributed by atoms with E-state index in [1.54, 1.807) is 22.7 Å². The molecule has 3 aromatic rings. The largest absolute Gasteiger partial charge is 0.313 e. The third kappa shape index (κ3) is 4.34. The fourth-order valence-electron chi connectivity index (χ4n) is 3.97. The highest BCUT2D eigenvalue weighted by molar-refractivity contribution is 7.17. The fraction of sp³-hybridized carbons (Fsp3) is 0.409. The van der Waals surface area contributed by atoms with Gasteiger partial charge in [-0.25, -0.2) is 0 Å².